The largest absolute Gasteiger partial charge is 0.488 e. The molecule has 40 heavy (non-hydrogen) atoms. The minimum atomic E-state index is -4.08. The number of nitrogens with zero attached hydrogens (tertiary/aromatic N) is 2. The summed E-state index contributed by atoms with van der Waals surface area (Å²) in [5.74, 6) is -0.0564. The number of hydrogen-bond acceptors (Lipinski definition) is 5. The van der Waals surface area contributed by atoms with Gasteiger partial charge >= 0.3 is 0 Å². The number of rotatable bonds is 11. The van der Waals surface area contributed by atoms with Crippen LogP contribution in [0.15, 0.2) is 107 Å². The number of nitrogens with one attached hydrogen (secondary N) is 1. The lowest BCUT2D eigenvalue weighted by Gasteiger charge is -2.22. The van der Waals surface area contributed by atoms with Crippen molar-refractivity contribution in [3.8, 4) is 5.75 Å². The van der Waals surface area contributed by atoms with E-state index in [9.17, 15) is 13.2 Å². The summed E-state index contributed by atoms with van der Waals surface area (Å²) in [5, 5.41) is 4.63. The lowest BCUT2D eigenvalue weighted by molar-refractivity contribution is -0.121. The van der Waals surface area contributed by atoms with E-state index in [1.807, 2.05) is 49.4 Å². The average molecular weight is 597 g/mol. The standard InChI is InChI=1S/C30H27Cl2N3O4S/c1-22-14-16-25(17-15-22)40(37,38)35(19-26-27(31)11-7-12-28(26)32)20-30(36)34-33-18-24-10-5-6-13-29(24)39-21-23-8-3-2-4-9-23/h2-18H,19-21H2,1H3,(H,34,36)/b33-18-. The SMILES string of the molecule is Cc1ccc(S(=O)(=O)N(CC(=O)N/N=C\c2ccccc2OCc2ccccc2)Cc2c(Cl)cccc2Cl)cc1. The monoisotopic (exact) mass is 595 g/mol. The van der Waals surface area contributed by atoms with Crippen LogP contribution in [-0.2, 0) is 28.0 Å². The molecule has 0 saturated heterocycles. The number of hydrogen-bond donors (Lipinski definition) is 1. The molecule has 4 aromatic carbocycles. The molecule has 10 heteroatoms. The number of carbonyl (C=O) groups is 1. The summed E-state index contributed by atoms with van der Waals surface area (Å²) in [4.78, 5) is 12.9. The van der Waals surface area contributed by atoms with E-state index >= 15 is 0 Å². The molecule has 4 rings (SSSR count). The minimum absolute atomic E-state index is 0.0436. The van der Waals surface area contributed by atoms with Crippen LogP contribution in [0, 0.1) is 6.92 Å². The summed E-state index contributed by atoms with van der Waals surface area (Å²) >= 11 is 12.6. The first kappa shape index (κ1) is 29.3. The topological polar surface area (TPSA) is 88.1 Å². The third-order valence-electron chi connectivity index (χ3n) is 5.92. The molecule has 4 aromatic rings. The highest BCUT2D eigenvalue weighted by molar-refractivity contribution is 7.89. The van der Waals surface area contributed by atoms with E-state index < -0.39 is 22.5 Å². The highest BCUT2D eigenvalue weighted by Gasteiger charge is 2.28. The molecule has 0 saturated carbocycles. The van der Waals surface area contributed by atoms with Gasteiger partial charge < -0.3 is 4.74 Å². The van der Waals surface area contributed by atoms with E-state index in [0.717, 1.165) is 15.4 Å². The van der Waals surface area contributed by atoms with Gasteiger partial charge in [-0.3, -0.25) is 4.79 Å². The summed E-state index contributed by atoms with van der Waals surface area (Å²) in [7, 11) is -4.08. The van der Waals surface area contributed by atoms with Gasteiger partial charge in [-0.15, -0.1) is 0 Å². The van der Waals surface area contributed by atoms with Crippen molar-refractivity contribution in [2.24, 2.45) is 5.10 Å². The fourth-order valence-corrected chi connectivity index (χ4v) is 5.65. The predicted molar refractivity (Wildman–Crippen MR) is 158 cm³/mol. The Bertz CT molecular complexity index is 1580. The molecule has 0 radical (unpaired) electrons. The van der Waals surface area contributed by atoms with E-state index in [1.165, 1.54) is 18.3 Å². The van der Waals surface area contributed by atoms with E-state index in [2.05, 4.69) is 10.5 Å². The first-order valence-corrected chi connectivity index (χ1v) is 14.5. The molecule has 0 fully saturated rings. The summed E-state index contributed by atoms with van der Waals surface area (Å²) in [6.07, 6.45) is 1.45. The van der Waals surface area contributed by atoms with Gasteiger partial charge in [-0.2, -0.15) is 9.41 Å². The predicted octanol–water partition coefficient (Wildman–Crippen LogP) is 6.22. The Kier molecular flexibility index (Phi) is 9.95. The zero-order valence-corrected chi connectivity index (χ0v) is 24.0. The third-order valence-corrected chi connectivity index (χ3v) is 8.44. The van der Waals surface area contributed by atoms with E-state index in [4.69, 9.17) is 27.9 Å². The van der Waals surface area contributed by atoms with Gasteiger partial charge in [0, 0.05) is 27.7 Å². The number of carbonyl (C=O) groups excluding carboxylic acids is 1. The second-order valence-corrected chi connectivity index (χ2v) is 11.6. The van der Waals surface area contributed by atoms with Crippen LogP contribution in [0.5, 0.6) is 5.75 Å². The molecule has 0 atom stereocenters. The Labute approximate surface area is 244 Å². The number of para-hydroxylation sites is 1. The number of aryl methyl sites for hydroxylation is 1. The minimum Gasteiger partial charge on any atom is -0.488 e. The van der Waals surface area contributed by atoms with Crippen molar-refractivity contribution in [1.82, 2.24) is 9.73 Å². The highest BCUT2D eigenvalue weighted by atomic mass is 35.5. The van der Waals surface area contributed by atoms with Crippen molar-refractivity contribution in [3.05, 3.63) is 129 Å². The molecule has 0 bridgehead atoms. The van der Waals surface area contributed by atoms with Crippen LogP contribution < -0.4 is 10.2 Å². The van der Waals surface area contributed by atoms with Crippen molar-refractivity contribution < 1.29 is 17.9 Å². The van der Waals surface area contributed by atoms with Crippen LogP contribution in [0.1, 0.15) is 22.3 Å². The van der Waals surface area contributed by atoms with Crippen LogP contribution in [0.25, 0.3) is 0 Å². The van der Waals surface area contributed by atoms with E-state index in [0.29, 0.717) is 33.5 Å². The van der Waals surface area contributed by atoms with Crippen LogP contribution in [0.4, 0.5) is 0 Å². The summed E-state index contributed by atoms with van der Waals surface area (Å²) in [6.45, 7) is 1.51. The zero-order chi connectivity index (χ0) is 28.5. The highest BCUT2D eigenvalue weighted by Crippen LogP contribution is 2.28. The van der Waals surface area contributed by atoms with E-state index in [-0.39, 0.29) is 11.4 Å². The van der Waals surface area contributed by atoms with Gasteiger partial charge in [0.25, 0.3) is 5.91 Å². The van der Waals surface area contributed by atoms with Gasteiger partial charge in [0.05, 0.1) is 17.7 Å². The maximum absolute atomic E-state index is 13.5. The molecule has 0 aromatic heterocycles. The van der Waals surface area contributed by atoms with Crippen molar-refractivity contribution in [1.29, 1.82) is 0 Å². The van der Waals surface area contributed by atoms with Crippen molar-refractivity contribution in [3.63, 3.8) is 0 Å². The molecular weight excluding hydrogens is 569 g/mol. The molecule has 0 unspecified atom stereocenters. The quantitative estimate of drug-likeness (QED) is 0.165. The van der Waals surface area contributed by atoms with Crippen molar-refractivity contribution in [2.45, 2.75) is 25.0 Å². The number of hydrazone groups is 1. The van der Waals surface area contributed by atoms with Crippen LogP contribution in [0.3, 0.4) is 0 Å². The maximum Gasteiger partial charge on any atom is 0.255 e. The second-order valence-electron chi connectivity index (χ2n) is 8.89. The normalized spacial score (nSPS) is 11.6. The smallest absolute Gasteiger partial charge is 0.255 e. The first-order chi connectivity index (χ1) is 19.2. The van der Waals surface area contributed by atoms with Crippen LogP contribution in [-0.4, -0.2) is 31.4 Å². The van der Waals surface area contributed by atoms with Gasteiger partial charge in [-0.05, 0) is 48.9 Å². The van der Waals surface area contributed by atoms with Crippen molar-refractivity contribution in [2.75, 3.05) is 6.54 Å². The van der Waals surface area contributed by atoms with Crippen molar-refractivity contribution >= 4 is 45.3 Å². The molecule has 0 heterocycles. The Morgan fingerprint density at radius 3 is 2.25 bits per heavy atom. The molecule has 206 valence electrons. The van der Waals surface area contributed by atoms with Gasteiger partial charge in [-0.25, -0.2) is 13.8 Å². The number of halogens is 2. The Hall–Kier alpha value is -3.69. The Morgan fingerprint density at radius 1 is 0.900 bits per heavy atom. The molecule has 7 nitrogen and oxygen atoms in total. The number of amides is 1. The van der Waals surface area contributed by atoms with Gasteiger partial charge in [0.1, 0.15) is 12.4 Å². The van der Waals surface area contributed by atoms with Crippen LogP contribution >= 0.6 is 23.2 Å². The average Bonchev–Trinajstić information content (AvgIpc) is 2.94. The zero-order valence-electron chi connectivity index (χ0n) is 21.6. The molecule has 0 aliphatic heterocycles. The summed E-state index contributed by atoms with van der Waals surface area (Å²) in [6, 6.07) is 28.2. The van der Waals surface area contributed by atoms with Gasteiger partial charge in [-0.1, -0.05) is 89.4 Å². The fraction of sp³-hybridized carbons (Fsp3) is 0.133. The lowest BCUT2D eigenvalue weighted by Crippen LogP contribution is -2.39. The second kappa shape index (κ2) is 13.6. The number of benzene rings is 4. The molecule has 1 amide bonds. The molecule has 0 aliphatic rings. The van der Waals surface area contributed by atoms with Gasteiger partial charge in [0.2, 0.25) is 10.0 Å². The summed E-state index contributed by atoms with van der Waals surface area (Å²) < 4.78 is 34.0. The number of ether oxygens (including phenoxy) is 1. The number of sulfonamides is 1. The fourth-order valence-electron chi connectivity index (χ4n) is 3.77. The lowest BCUT2D eigenvalue weighted by atomic mass is 10.2. The third kappa shape index (κ3) is 7.70. The molecule has 0 spiro atoms. The first-order valence-electron chi connectivity index (χ1n) is 12.3. The van der Waals surface area contributed by atoms with Gasteiger partial charge in [0.15, 0.2) is 0 Å². The molecular formula is C30H27Cl2N3O4S. The Balaban J connectivity index is 1.50. The van der Waals surface area contributed by atoms with Crippen LogP contribution in [0.2, 0.25) is 10.0 Å². The Morgan fingerprint density at radius 2 is 1.55 bits per heavy atom. The summed E-state index contributed by atoms with van der Waals surface area (Å²) in [5.41, 5.74) is 5.36. The van der Waals surface area contributed by atoms with E-state index in [1.54, 1.807) is 42.5 Å². The maximum atomic E-state index is 13.5. The molecule has 0 aliphatic carbocycles. The molecule has 1 N–H and O–H groups in total.